The maximum absolute atomic E-state index is 12.6. The molecule has 0 saturated heterocycles. The molecule has 3 aromatic carbocycles. The molecule has 0 aromatic heterocycles. The van der Waals surface area contributed by atoms with E-state index < -0.39 is 5.97 Å². The maximum atomic E-state index is 12.6. The molecule has 0 saturated carbocycles. The molecule has 6 heteroatoms. The average Bonchev–Trinajstić information content (AvgIpc) is 3.17. The summed E-state index contributed by atoms with van der Waals surface area (Å²) in [6.07, 6.45) is 0.796. The minimum Gasteiger partial charge on any atom is -0.489 e. The first-order valence-electron chi connectivity index (χ1n) is 10.6. The Morgan fingerprint density at radius 1 is 0.844 bits per heavy atom. The highest BCUT2D eigenvalue weighted by molar-refractivity contribution is 5.97. The van der Waals surface area contributed by atoms with Crippen molar-refractivity contribution in [2.45, 2.75) is 26.0 Å². The molecule has 0 aliphatic carbocycles. The molecule has 0 bridgehead atoms. The number of esters is 1. The van der Waals surface area contributed by atoms with E-state index in [4.69, 9.17) is 14.2 Å². The van der Waals surface area contributed by atoms with E-state index in [1.165, 1.54) is 0 Å². The summed E-state index contributed by atoms with van der Waals surface area (Å²) in [4.78, 5) is 26.3. The predicted octanol–water partition coefficient (Wildman–Crippen LogP) is 4.17. The first-order chi connectivity index (χ1) is 15.6. The zero-order valence-corrected chi connectivity index (χ0v) is 17.9. The zero-order valence-electron chi connectivity index (χ0n) is 17.9. The van der Waals surface area contributed by atoms with E-state index in [1.807, 2.05) is 61.5 Å². The highest BCUT2D eigenvalue weighted by Crippen LogP contribution is 2.31. The summed E-state index contributed by atoms with van der Waals surface area (Å²) < 4.78 is 16.3. The van der Waals surface area contributed by atoms with Crippen molar-refractivity contribution in [3.05, 3.63) is 90.0 Å². The van der Waals surface area contributed by atoms with E-state index >= 15 is 0 Å². The molecule has 1 unspecified atom stereocenters. The number of amides is 1. The summed E-state index contributed by atoms with van der Waals surface area (Å²) in [7, 11) is 0. The highest BCUT2D eigenvalue weighted by Gasteiger charge is 2.30. The van der Waals surface area contributed by atoms with Gasteiger partial charge in [-0.05, 0) is 54.8 Å². The quantitative estimate of drug-likeness (QED) is 0.501. The van der Waals surface area contributed by atoms with Gasteiger partial charge in [0.15, 0.2) is 13.2 Å². The second kappa shape index (κ2) is 10.0. The number of hydrogen-bond acceptors (Lipinski definition) is 5. The van der Waals surface area contributed by atoms with Crippen molar-refractivity contribution < 1.29 is 23.8 Å². The summed E-state index contributed by atoms with van der Waals surface area (Å²) in [6, 6.07) is 24.7. The molecule has 0 radical (unpaired) electrons. The third-order valence-corrected chi connectivity index (χ3v) is 5.26. The molecule has 1 amide bonds. The minimum atomic E-state index is -0.595. The molecular weight excluding hydrogens is 406 g/mol. The summed E-state index contributed by atoms with van der Waals surface area (Å²) in [5, 5.41) is 0. The van der Waals surface area contributed by atoms with E-state index in [9.17, 15) is 9.59 Å². The fraction of sp³-hybridized carbons (Fsp3) is 0.231. The normalized spacial score (nSPS) is 14.5. The lowest BCUT2D eigenvalue weighted by Crippen LogP contribution is -2.39. The van der Waals surface area contributed by atoms with Crippen LogP contribution in [0.2, 0.25) is 0 Å². The minimum absolute atomic E-state index is 0.0393. The topological polar surface area (TPSA) is 65.1 Å². The largest absolute Gasteiger partial charge is 0.489 e. The monoisotopic (exact) mass is 431 g/mol. The fourth-order valence-electron chi connectivity index (χ4n) is 3.71. The Hall–Kier alpha value is -3.80. The van der Waals surface area contributed by atoms with Crippen LogP contribution in [0.1, 0.15) is 18.1 Å². The number of carbonyl (C=O) groups is 2. The summed E-state index contributed by atoms with van der Waals surface area (Å²) in [6.45, 7) is 1.87. The van der Waals surface area contributed by atoms with Gasteiger partial charge in [-0.1, -0.05) is 48.5 Å². The van der Waals surface area contributed by atoms with Crippen LogP contribution in [-0.4, -0.2) is 31.1 Å². The van der Waals surface area contributed by atoms with Crippen LogP contribution in [0, 0.1) is 0 Å². The molecule has 6 nitrogen and oxygen atoms in total. The van der Waals surface area contributed by atoms with Gasteiger partial charge in [0.25, 0.3) is 5.91 Å². The molecule has 1 aliphatic rings. The van der Waals surface area contributed by atoms with E-state index in [1.54, 1.807) is 29.2 Å². The van der Waals surface area contributed by atoms with Crippen LogP contribution in [0.25, 0.3) is 0 Å². The molecule has 4 rings (SSSR count). The van der Waals surface area contributed by atoms with Crippen molar-refractivity contribution in [1.82, 2.24) is 0 Å². The predicted molar refractivity (Wildman–Crippen MR) is 121 cm³/mol. The zero-order chi connectivity index (χ0) is 22.3. The summed E-state index contributed by atoms with van der Waals surface area (Å²) in [5.41, 5.74) is 3.09. The molecule has 0 fully saturated rings. The van der Waals surface area contributed by atoms with Crippen LogP contribution in [0.4, 0.5) is 5.69 Å². The van der Waals surface area contributed by atoms with Crippen LogP contribution in [0.3, 0.4) is 0 Å². The van der Waals surface area contributed by atoms with Crippen molar-refractivity contribution in [2.24, 2.45) is 0 Å². The van der Waals surface area contributed by atoms with Crippen molar-refractivity contribution in [1.29, 1.82) is 0 Å². The Bertz CT molecular complexity index is 1070. The number of carbonyl (C=O) groups excluding carboxylic acids is 2. The lowest BCUT2D eigenvalue weighted by Gasteiger charge is -2.22. The molecule has 164 valence electrons. The van der Waals surface area contributed by atoms with E-state index in [0.717, 1.165) is 23.2 Å². The summed E-state index contributed by atoms with van der Waals surface area (Å²) in [5.74, 6) is 0.385. The fourth-order valence-corrected chi connectivity index (χ4v) is 3.71. The number of hydrogen-bond donors (Lipinski definition) is 0. The van der Waals surface area contributed by atoms with E-state index in [0.29, 0.717) is 18.1 Å². The first kappa shape index (κ1) is 21.4. The molecule has 0 N–H and O–H groups in total. The van der Waals surface area contributed by atoms with Crippen molar-refractivity contribution >= 4 is 17.6 Å². The van der Waals surface area contributed by atoms with Crippen LogP contribution in [0.15, 0.2) is 78.9 Å². The maximum Gasteiger partial charge on any atom is 0.344 e. The number of rotatable bonds is 8. The van der Waals surface area contributed by atoms with Gasteiger partial charge in [0, 0.05) is 11.7 Å². The number of benzene rings is 3. The Morgan fingerprint density at radius 3 is 2.25 bits per heavy atom. The lowest BCUT2D eigenvalue weighted by atomic mass is 10.1. The van der Waals surface area contributed by atoms with E-state index in [-0.39, 0.29) is 25.2 Å². The van der Waals surface area contributed by atoms with Crippen molar-refractivity contribution in [3.63, 3.8) is 0 Å². The van der Waals surface area contributed by atoms with Crippen LogP contribution < -0.4 is 14.4 Å². The lowest BCUT2D eigenvalue weighted by molar-refractivity contribution is -0.149. The van der Waals surface area contributed by atoms with Gasteiger partial charge in [0.1, 0.15) is 18.1 Å². The van der Waals surface area contributed by atoms with E-state index in [2.05, 4.69) is 0 Å². The molecule has 1 heterocycles. The number of nitrogens with zero attached hydrogens (tertiary/aromatic N) is 1. The Labute approximate surface area is 187 Å². The van der Waals surface area contributed by atoms with Crippen molar-refractivity contribution in [2.75, 3.05) is 18.1 Å². The van der Waals surface area contributed by atoms with Gasteiger partial charge in [0.05, 0.1) is 0 Å². The second-order valence-electron chi connectivity index (χ2n) is 7.64. The number of anilines is 1. The van der Waals surface area contributed by atoms with Crippen LogP contribution in [-0.2, 0) is 27.4 Å². The van der Waals surface area contributed by atoms with Crippen LogP contribution in [0.5, 0.6) is 11.5 Å². The van der Waals surface area contributed by atoms with Gasteiger partial charge in [-0.2, -0.15) is 0 Å². The third kappa shape index (κ3) is 5.27. The molecule has 0 spiro atoms. The summed E-state index contributed by atoms with van der Waals surface area (Å²) >= 11 is 0. The Morgan fingerprint density at radius 2 is 1.50 bits per heavy atom. The van der Waals surface area contributed by atoms with Gasteiger partial charge in [-0.15, -0.1) is 0 Å². The van der Waals surface area contributed by atoms with Gasteiger partial charge >= 0.3 is 5.97 Å². The van der Waals surface area contributed by atoms with Gasteiger partial charge in [-0.25, -0.2) is 4.79 Å². The smallest absolute Gasteiger partial charge is 0.344 e. The molecule has 1 aliphatic heterocycles. The molecule has 3 aromatic rings. The van der Waals surface area contributed by atoms with Gasteiger partial charge < -0.3 is 19.1 Å². The standard InChI is InChI=1S/C26H25NO5/c1-19-15-21-9-5-6-10-24(21)27(19)25(28)17-32-26(29)18-31-23-13-11-22(12-14-23)30-16-20-7-3-2-4-8-20/h2-14,19H,15-18H2,1H3. The molecule has 1 atom stereocenters. The first-order valence-corrected chi connectivity index (χ1v) is 10.6. The number of fused-ring (bicyclic) bond motifs is 1. The van der Waals surface area contributed by atoms with Crippen LogP contribution >= 0.6 is 0 Å². The second-order valence-corrected chi connectivity index (χ2v) is 7.64. The molecule has 32 heavy (non-hydrogen) atoms. The highest BCUT2D eigenvalue weighted by atomic mass is 16.6. The number of para-hydroxylation sites is 1. The molecular formula is C26H25NO5. The third-order valence-electron chi connectivity index (χ3n) is 5.26. The SMILES string of the molecule is CC1Cc2ccccc2N1C(=O)COC(=O)COc1ccc(OCc2ccccc2)cc1. The number of ether oxygens (including phenoxy) is 3. The van der Waals surface area contributed by atoms with Crippen molar-refractivity contribution in [3.8, 4) is 11.5 Å². The van der Waals surface area contributed by atoms with Gasteiger partial charge in [0.2, 0.25) is 0 Å². The Balaban J connectivity index is 1.21. The van der Waals surface area contributed by atoms with Gasteiger partial charge in [-0.3, -0.25) is 4.79 Å². The average molecular weight is 431 g/mol. The Kier molecular flexibility index (Phi) is 6.70.